The van der Waals surface area contributed by atoms with Gasteiger partial charge in [-0.1, -0.05) is 12.1 Å². The summed E-state index contributed by atoms with van der Waals surface area (Å²) in [6, 6.07) is 10.7. The van der Waals surface area contributed by atoms with Crippen LogP contribution in [0.15, 0.2) is 47.4 Å². The van der Waals surface area contributed by atoms with E-state index in [4.69, 9.17) is 4.74 Å². The molecule has 0 spiro atoms. The maximum absolute atomic E-state index is 12.9. The number of amides is 1. The number of nitrogens with one attached hydrogen (secondary N) is 1. The highest BCUT2D eigenvalue weighted by Gasteiger charge is 2.28. The molecule has 1 aliphatic rings. The van der Waals surface area contributed by atoms with Crippen molar-refractivity contribution in [2.45, 2.75) is 11.8 Å². The van der Waals surface area contributed by atoms with Crippen molar-refractivity contribution in [1.82, 2.24) is 4.31 Å². The van der Waals surface area contributed by atoms with E-state index in [0.717, 1.165) is 0 Å². The minimum Gasteiger partial charge on any atom is -0.508 e. The van der Waals surface area contributed by atoms with Crippen LogP contribution < -0.4 is 5.32 Å². The summed E-state index contributed by atoms with van der Waals surface area (Å²) in [5.74, 6) is -0.420. The molecule has 1 amide bonds. The topological polar surface area (TPSA) is 95.9 Å². The number of aromatic hydroxyl groups is 1. The number of hydrogen-bond acceptors (Lipinski definition) is 5. The number of ether oxygens (including phenoxy) is 1. The molecule has 0 saturated carbocycles. The summed E-state index contributed by atoms with van der Waals surface area (Å²) in [5, 5.41) is 12.1. The number of phenolic OH excluding ortho intramolecular Hbond substituents is 1. The van der Waals surface area contributed by atoms with Gasteiger partial charge in [-0.3, -0.25) is 4.79 Å². The molecule has 2 aromatic carbocycles. The van der Waals surface area contributed by atoms with Gasteiger partial charge in [0.1, 0.15) is 5.75 Å². The maximum atomic E-state index is 12.9. The average molecular weight is 376 g/mol. The van der Waals surface area contributed by atoms with Crippen LogP contribution in [0.4, 0.5) is 5.69 Å². The van der Waals surface area contributed by atoms with Crippen LogP contribution in [0.2, 0.25) is 0 Å². The third kappa shape index (κ3) is 3.87. The molecule has 8 heteroatoms. The van der Waals surface area contributed by atoms with Gasteiger partial charge in [-0.15, -0.1) is 0 Å². The van der Waals surface area contributed by atoms with Gasteiger partial charge in [0.2, 0.25) is 10.0 Å². The molecule has 7 nitrogen and oxygen atoms in total. The Morgan fingerprint density at radius 1 is 1.15 bits per heavy atom. The van der Waals surface area contributed by atoms with Crippen molar-refractivity contribution in [3.05, 3.63) is 53.6 Å². The molecule has 1 saturated heterocycles. The Balaban J connectivity index is 1.88. The number of sulfonamides is 1. The molecule has 1 fully saturated rings. The lowest BCUT2D eigenvalue weighted by atomic mass is 10.1. The predicted molar refractivity (Wildman–Crippen MR) is 96.8 cm³/mol. The number of rotatable bonds is 4. The minimum absolute atomic E-state index is 0.0299. The van der Waals surface area contributed by atoms with Gasteiger partial charge in [-0.05, 0) is 36.8 Å². The Bertz CT molecular complexity index is 921. The van der Waals surface area contributed by atoms with Crippen LogP contribution in [0.3, 0.4) is 0 Å². The maximum Gasteiger partial charge on any atom is 0.255 e. The first-order valence-electron chi connectivity index (χ1n) is 8.17. The molecule has 3 rings (SSSR count). The van der Waals surface area contributed by atoms with E-state index in [9.17, 15) is 18.3 Å². The Morgan fingerprint density at radius 2 is 1.88 bits per heavy atom. The van der Waals surface area contributed by atoms with Gasteiger partial charge in [0.05, 0.1) is 18.1 Å². The number of nitrogens with zero attached hydrogens (tertiary/aromatic N) is 1. The Kier molecular flexibility index (Phi) is 5.26. The van der Waals surface area contributed by atoms with E-state index in [1.54, 1.807) is 31.2 Å². The van der Waals surface area contributed by atoms with Gasteiger partial charge in [0.25, 0.3) is 5.91 Å². The van der Waals surface area contributed by atoms with E-state index in [1.807, 2.05) is 0 Å². The summed E-state index contributed by atoms with van der Waals surface area (Å²) < 4.78 is 32.4. The second-order valence-corrected chi connectivity index (χ2v) is 7.91. The second-order valence-electron chi connectivity index (χ2n) is 6.00. The smallest absolute Gasteiger partial charge is 0.255 e. The van der Waals surface area contributed by atoms with E-state index >= 15 is 0 Å². The standard InChI is InChI=1S/C18H20N2O5S/c1-13-5-6-14(18(22)19-15-3-2-4-16(21)12-15)11-17(13)26(23,24)20-7-9-25-10-8-20/h2-6,11-12,21H,7-10H2,1H3,(H,19,22). The molecular weight excluding hydrogens is 356 g/mol. The summed E-state index contributed by atoms with van der Waals surface area (Å²) in [7, 11) is -3.69. The lowest BCUT2D eigenvalue weighted by Gasteiger charge is -2.26. The van der Waals surface area contributed by atoms with Crippen LogP contribution in [-0.2, 0) is 14.8 Å². The van der Waals surface area contributed by atoms with Gasteiger partial charge in [-0.2, -0.15) is 4.31 Å². The van der Waals surface area contributed by atoms with Gasteiger partial charge >= 0.3 is 0 Å². The molecule has 0 aromatic heterocycles. The predicted octanol–water partition coefficient (Wildman–Crippen LogP) is 1.97. The van der Waals surface area contributed by atoms with Gasteiger partial charge in [-0.25, -0.2) is 8.42 Å². The van der Waals surface area contributed by atoms with E-state index < -0.39 is 15.9 Å². The Hall–Kier alpha value is -2.42. The minimum atomic E-state index is -3.69. The third-order valence-corrected chi connectivity index (χ3v) is 6.18. The molecule has 2 N–H and O–H groups in total. The number of carbonyl (C=O) groups is 1. The van der Waals surface area contributed by atoms with Crippen LogP contribution >= 0.6 is 0 Å². The fraction of sp³-hybridized carbons (Fsp3) is 0.278. The van der Waals surface area contributed by atoms with Crippen LogP contribution in [0.1, 0.15) is 15.9 Å². The van der Waals surface area contributed by atoms with Gasteiger partial charge < -0.3 is 15.2 Å². The van der Waals surface area contributed by atoms with Gasteiger partial charge in [0.15, 0.2) is 0 Å². The van der Waals surface area contributed by atoms with Crippen LogP contribution in [-0.4, -0.2) is 50.0 Å². The van der Waals surface area contributed by atoms with Crippen molar-refractivity contribution >= 4 is 21.6 Å². The molecular formula is C18H20N2O5S. The Morgan fingerprint density at radius 3 is 2.58 bits per heavy atom. The quantitative estimate of drug-likeness (QED) is 0.851. The van der Waals surface area contributed by atoms with Crippen molar-refractivity contribution in [2.24, 2.45) is 0 Å². The number of anilines is 1. The van der Waals surface area contributed by atoms with E-state index in [2.05, 4.69) is 5.32 Å². The summed E-state index contributed by atoms with van der Waals surface area (Å²) in [6.07, 6.45) is 0. The van der Waals surface area contributed by atoms with Crippen molar-refractivity contribution in [2.75, 3.05) is 31.6 Å². The zero-order valence-electron chi connectivity index (χ0n) is 14.3. The second kappa shape index (κ2) is 7.45. The van der Waals surface area contributed by atoms with Crippen molar-refractivity contribution < 1.29 is 23.1 Å². The largest absolute Gasteiger partial charge is 0.508 e. The first kappa shape index (κ1) is 18.4. The lowest BCUT2D eigenvalue weighted by molar-refractivity contribution is 0.0730. The highest BCUT2D eigenvalue weighted by molar-refractivity contribution is 7.89. The molecule has 0 unspecified atom stereocenters. The molecule has 26 heavy (non-hydrogen) atoms. The highest BCUT2D eigenvalue weighted by atomic mass is 32.2. The lowest BCUT2D eigenvalue weighted by Crippen LogP contribution is -2.40. The number of carbonyl (C=O) groups excluding carboxylic acids is 1. The molecule has 0 radical (unpaired) electrons. The average Bonchev–Trinajstić information content (AvgIpc) is 2.62. The van der Waals surface area contributed by atoms with Crippen LogP contribution in [0.25, 0.3) is 0 Å². The summed E-state index contributed by atoms with van der Waals surface area (Å²) >= 11 is 0. The summed E-state index contributed by atoms with van der Waals surface area (Å²) in [5.41, 5.74) is 1.23. The van der Waals surface area contributed by atoms with E-state index in [-0.39, 0.29) is 16.2 Å². The zero-order chi connectivity index (χ0) is 18.7. The molecule has 1 heterocycles. The zero-order valence-corrected chi connectivity index (χ0v) is 15.1. The fourth-order valence-corrected chi connectivity index (χ4v) is 4.39. The number of phenols is 1. The first-order valence-corrected chi connectivity index (χ1v) is 9.61. The van der Waals surface area contributed by atoms with Crippen molar-refractivity contribution in [3.8, 4) is 5.75 Å². The molecule has 0 aliphatic carbocycles. The molecule has 2 aromatic rings. The Labute approximate surface area is 152 Å². The summed E-state index contributed by atoms with van der Waals surface area (Å²) in [4.78, 5) is 12.6. The first-order chi connectivity index (χ1) is 12.4. The van der Waals surface area contributed by atoms with Crippen molar-refractivity contribution in [3.63, 3.8) is 0 Å². The number of morpholine rings is 1. The van der Waals surface area contributed by atoms with E-state index in [0.29, 0.717) is 37.6 Å². The van der Waals surface area contributed by atoms with Crippen LogP contribution in [0.5, 0.6) is 5.75 Å². The van der Waals surface area contributed by atoms with Crippen LogP contribution in [0, 0.1) is 6.92 Å². The monoisotopic (exact) mass is 376 g/mol. The molecule has 138 valence electrons. The van der Waals surface area contributed by atoms with Gasteiger partial charge in [0, 0.05) is 30.4 Å². The molecule has 0 bridgehead atoms. The fourth-order valence-electron chi connectivity index (χ4n) is 2.73. The molecule has 0 atom stereocenters. The number of aryl methyl sites for hydroxylation is 1. The third-order valence-electron chi connectivity index (χ3n) is 4.14. The SMILES string of the molecule is Cc1ccc(C(=O)Nc2cccc(O)c2)cc1S(=O)(=O)N1CCOCC1. The summed E-state index contributed by atoms with van der Waals surface area (Å²) in [6.45, 7) is 3.00. The number of benzene rings is 2. The highest BCUT2D eigenvalue weighted by Crippen LogP contribution is 2.23. The molecule has 1 aliphatic heterocycles. The normalized spacial score (nSPS) is 15.6. The van der Waals surface area contributed by atoms with E-state index in [1.165, 1.54) is 22.5 Å². The van der Waals surface area contributed by atoms with Crippen molar-refractivity contribution in [1.29, 1.82) is 0 Å². The number of hydrogen-bond donors (Lipinski definition) is 2.